The van der Waals surface area contributed by atoms with E-state index in [-0.39, 0.29) is 18.3 Å². The van der Waals surface area contributed by atoms with Crippen molar-refractivity contribution in [1.82, 2.24) is 4.90 Å². The number of carbonyl (C=O) groups excluding carboxylic acids is 2. The van der Waals surface area contributed by atoms with E-state index in [1.807, 2.05) is 31.2 Å². The molecule has 0 N–H and O–H groups in total. The fourth-order valence-electron chi connectivity index (χ4n) is 1.50. The molecule has 0 unspecified atom stereocenters. The lowest BCUT2D eigenvalue weighted by Gasteiger charge is -2.14. The second kappa shape index (κ2) is 7.56. The molecule has 0 aliphatic rings. The van der Waals surface area contributed by atoms with E-state index < -0.39 is 0 Å². The van der Waals surface area contributed by atoms with Gasteiger partial charge in [-0.3, -0.25) is 4.79 Å². The third-order valence-electron chi connectivity index (χ3n) is 2.95. The molecule has 0 atom stereocenters. The van der Waals surface area contributed by atoms with Crippen molar-refractivity contribution in [3.63, 3.8) is 0 Å². The highest BCUT2D eigenvalue weighted by Gasteiger charge is 2.07. The lowest BCUT2D eigenvalue weighted by Crippen LogP contribution is -2.31. The molecule has 1 aromatic carbocycles. The van der Waals surface area contributed by atoms with Crippen molar-refractivity contribution >= 4 is 11.7 Å². The van der Waals surface area contributed by atoms with E-state index in [2.05, 4.69) is 0 Å². The zero-order valence-electron chi connectivity index (χ0n) is 11.8. The van der Waals surface area contributed by atoms with Gasteiger partial charge in [-0.15, -0.1) is 0 Å². The highest BCUT2D eigenvalue weighted by atomic mass is 16.5. The molecule has 104 valence electrons. The predicted molar refractivity (Wildman–Crippen MR) is 74.3 cm³/mol. The first-order valence-electron chi connectivity index (χ1n) is 6.48. The number of aryl methyl sites for hydroxylation is 1. The number of hydrogen-bond acceptors (Lipinski definition) is 3. The van der Waals surface area contributed by atoms with E-state index in [1.54, 1.807) is 18.9 Å². The van der Waals surface area contributed by atoms with Crippen LogP contribution in [0.2, 0.25) is 0 Å². The minimum Gasteiger partial charge on any atom is -0.484 e. The fourth-order valence-corrected chi connectivity index (χ4v) is 1.50. The van der Waals surface area contributed by atoms with Gasteiger partial charge in [0.2, 0.25) is 0 Å². The van der Waals surface area contributed by atoms with Crippen molar-refractivity contribution in [2.75, 3.05) is 20.2 Å². The zero-order valence-corrected chi connectivity index (χ0v) is 11.8. The van der Waals surface area contributed by atoms with Gasteiger partial charge in [0.15, 0.2) is 6.61 Å². The Kier molecular flexibility index (Phi) is 6.06. The summed E-state index contributed by atoms with van der Waals surface area (Å²) >= 11 is 0. The van der Waals surface area contributed by atoms with Crippen LogP contribution < -0.4 is 4.74 Å². The van der Waals surface area contributed by atoms with Crippen molar-refractivity contribution in [2.24, 2.45) is 0 Å². The van der Waals surface area contributed by atoms with Gasteiger partial charge in [0, 0.05) is 20.0 Å². The number of benzene rings is 1. The maximum Gasteiger partial charge on any atom is 0.260 e. The smallest absolute Gasteiger partial charge is 0.260 e. The summed E-state index contributed by atoms with van der Waals surface area (Å²) in [7, 11) is 1.75. The van der Waals surface area contributed by atoms with Gasteiger partial charge in [0.05, 0.1) is 0 Å². The SMILES string of the molecule is CCN(C)C(=O)COc1ccc(CCC(C)=O)cc1. The average Bonchev–Trinajstić information content (AvgIpc) is 2.42. The van der Waals surface area contributed by atoms with Crippen LogP contribution in [0.3, 0.4) is 0 Å². The Labute approximate surface area is 114 Å². The van der Waals surface area contributed by atoms with Crippen molar-refractivity contribution < 1.29 is 14.3 Å². The number of likely N-dealkylation sites (N-methyl/N-ethyl adjacent to an activating group) is 1. The molecule has 0 radical (unpaired) electrons. The number of carbonyl (C=O) groups is 2. The quantitative estimate of drug-likeness (QED) is 0.756. The van der Waals surface area contributed by atoms with Crippen LogP contribution in [-0.2, 0) is 16.0 Å². The average molecular weight is 263 g/mol. The number of amides is 1. The molecule has 0 spiro atoms. The molecule has 19 heavy (non-hydrogen) atoms. The van der Waals surface area contributed by atoms with E-state index in [4.69, 9.17) is 4.74 Å². The third-order valence-corrected chi connectivity index (χ3v) is 2.95. The maximum absolute atomic E-state index is 11.6. The highest BCUT2D eigenvalue weighted by molar-refractivity contribution is 5.77. The number of ether oxygens (including phenoxy) is 1. The number of nitrogens with zero attached hydrogens (tertiary/aromatic N) is 1. The molecule has 0 heterocycles. The van der Waals surface area contributed by atoms with Crippen molar-refractivity contribution in [1.29, 1.82) is 0 Å². The van der Waals surface area contributed by atoms with Crippen LogP contribution in [0.15, 0.2) is 24.3 Å². The van der Waals surface area contributed by atoms with Gasteiger partial charge in [-0.25, -0.2) is 0 Å². The Hall–Kier alpha value is -1.84. The van der Waals surface area contributed by atoms with Crippen LogP contribution in [-0.4, -0.2) is 36.8 Å². The number of rotatable bonds is 7. The van der Waals surface area contributed by atoms with Gasteiger partial charge in [0.1, 0.15) is 11.5 Å². The van der Waals surface area contributed by atoms with E-state index in [9.17, 15) is 9.59 Å². The summed E-state index contributed by atoms with van der Waals surface area (Å²) in [6.07, 6.45) is 1.30. The van der Waals surface area contributed by atoms with Crippen LogP contribution in [0.1, 0.15) is 25.8 Å². The molecule has 4 nitrogen and oxygen atoms in total. The highest BCUT2D eigenvalue weighted by Crippen LogP contribution is 2.13. The molecule has 0 bridgehead atoms. The van der Waals surface area contributed by atoms with E-state index in [0.717, 1.165) is 12.0 Å². The Bertz CT molecular complexity index is 426. The standard InChI is InChI=1S/C15H21NO3/c1-4-16(3)15(18)11-19-14-9-7-13(8-10-14)6-5-12(2)17/h7-10H,4-6,11H2,1-3H3. The van der Waals surface area contributed by atoms with Gasteiger partial charge in [0.25, 0.3) is 5.91 Å². The van der Waals surface area contributed by atoms with Crippen LogP contribution in [0.5, 0.6) is 5.75 Å². The van der Waals surface area contributed by atoms with Gasteiger partial charge >= 0.3 is 0 Å². The zero-order chi connectivity index (χ0) is 14.3. The second-order valence-electron chi connectivity index (χ2n) is 4.54. The summed E-state index contributed by atoms with van der Waals surface area (Å²) in [4.78, 5) is 24.1. The second-order valence-corrected chi connectivity index (χ2v) is 4.54. The van der Waals surface area contributed by atoms with E-state index in [1.165, 1.54) is 0 Å². The van der Waals surface area contributed by atoms with Crippen molar-refractivity contribution in [2.45, 2.75) is 26.7 Å². The molecular weight excluding hydrogens is 242 g/mol. The molecule has 1 rings (SSSR count). The summed E-state index contributed by atoms with van der Waals surface area (Å²) in [5.74, 6) is 0.820. The first-order chi connectivity index (χ1) is 9.02. The number of ketones is 1. The summed E-state index contributed by atoms with van der Waals surface area (Å²) in [5, 5.41) is 0. The molecule has 0 fully saturated rings. The molecule has 1 amide bonds. The Balaban J connectivity index is 2.44. The molecule has 4 heteroatoms. The molecule has 0 aliphatic heterocycles. The predicted octanol–water partition coefficient (Wildman–Crippen LogP) is 2.07. The monoisotopic (exact) mass is 263 g/mol. The van der Waals surface area contributed by atoms with Crippen molar-refractivity contribution in [3.05, 3.63) is 29.8 Å². The lowest BCUT2D eigenvalue weighted by molar-refractivity contribution is -0.131. The van der Waals surface area contributed by atoms with E-state index >= 15 is 0 Å². The van der Waals surface area contributed by atoms with Gasteiger partial charge in [-0.1, -0.05) is 12.1 Å². The lowest BCUT2D eigenvalue weighted by atomic mass is 10.1. The van der Waals surface area contributed by atoms with Gasteiger partial charge in [-0.05, 0) is 38.0 Å². The van der Waals surface area contributed by atoms with Crippen LogP contribution in [0.25, 0.3) is 0 Å². The molecule has 0 saturated carbocycles. The Morgan fingerprint density at radius 1 is 1.21 bits per heavy atom. The summed E-state index contributed by atoms with van der Waals surface area (Å²) in [5.41, 5.74) is 1.10. The molecule has 0 aliphatic carbocycles. The first kappa shape index (κ1) is 15.2. The van der Waals surface area contributed by atoms with Gasteiger partial charge in [-0.2, -0.15) is 0 Å². The topological polar surface area (TPSA) is 46.6 Å². The summed E-state index contributed by atoms with van der Waals surface area (Å²) < 4.78 is 5.41. The minimum atomic E-state index is -0.0387. The molecule has 1 aromatic rings. The third kappa shape index (κ3) is 5.55. The Morgan fingerprint density at radius 2 is 1.84 bits per heavy atom. The van der Waals surface area contributed by atoms with Crippen LogP contribution in [0, 0.1) is 0 Å². The molecule has 0 aromatic heterocycles. The largest absolute Gasteiger partial charge is 0.484 e. The summed E-state index contributed by atoms with van der Waals surface area (Å²) in [6, 6.07) is 7.50. The van der Waals surface area contributed by atoms with Gasteiger partial charge < -0.3 is 14.4 Å². The normalized spacial score (nSPS) is 10.1. The Morgan fingerprint density at radius 3 is 2.37 bits per heavy atom. The van der Waals surface area contributed by atoms with Crippen LogP contribution in [0.4, 0.5) is 0 Å². The first-order valence-corrected chi connectivity index (χ1v) is 6.48. The molecule has 0 saturated heterocycles. The minimum absolute atomic E-state index is 0.0387. The van der Waals surface area contributed by atoms with E-state index in [0.29, 0.717) is 18.7 Å². The maximum atomic E-state index is 11.6. The summed E-state index contributed by atoms with van der Waals surface area (Å²) in [6.45, 7) is 4.23. The number of hydrogen-bond donors (Lipinski definition) is 0. The van der Waals surface area contributed by atoms with Crippen molar-refractivity contribution in [3.8, 4) is 5.75 Å². The fraction of sp³-hybridized carbons (Fsp3) is 0.467. The van der Waals surface area contributed by atoms with Crippen LogP contribution >= 0.6 is 0 Å². The number of Topliss-reactive ketones (excluding diaryl/α,β-unsaturated/α-hetero) is 1. The molecular formula is C15H21NO3.